The van der Waals surface area contributed by atoms with Crippen molar-refractivity contribution in [1.29, 1.82) is 0 Å². The average molecular weight is 336 g/mol. The molecule has 3 aromatic carbocycles. The maximum Gasteiger partial charge on any atom is 0.269 e. The number of nitro benzene ring substituents is 1. The molecular formula is C20H17FN2O2. The Kier molecular flexibility index (Phi) is 5.16. The first-order valence-corrected chi connectivity index (χ1v) is 7.90. The fourth-order valence-electron chi connectivity index (χ4n) is 2.68. The standard InChI is InChI=1S/C20H17FN2O2/c21-18-10-8-17(9-11-18)20(16-4-2-1-3-5-16)22-14-15-6-12-19(13-7-15)23(24)25/h1-13,20,22H,14H2/t20-/m0/s1. The molecule has 0 radical (unpaired) electrons. The minimum absolute atomic E-state index is 0.0712. The maximum absolute atomic E-state index is 13.2. The van der Waals surface area contributed by atoms with E-state index in [1.54, 1.807) is 24.3 Å². The molecule has 0 fully saturated rings. The summed E-state index contributed by atoms with van der Waals surface area (Å²) in [5.74, 6) is -0.272. The highest BCUT2D eigenvalue weighted by molar-refractivity contribution is 5.34. The molecule has 4 nitrogen and oxygen atoms in total. The van der Waals surface area contributed by atoms with Gasteiger partial charge in [0.15, 0.2) is 0 Å². The van der Waals surface area contributed by atoms with Gasteiger partial charge < -0.3 is 5.32 Å². The van der Waals surface area contributed by atoms with Gasteiger partial charge in [0.1, 0.15) is 5.82 Å². The first kappa shape index (κ1) is 16.8. The third-order valence-corrected chi connectivity index (χ3v) is 3.99. The molecule has 0 heterocycles. The molecule has 0 aliphatic heterocycles. The largest absolute Gasteiger partial charge is 0.302 e. The number of rotatable bonds is 6. The molecule has 25 heavy (non-hydrogen) atoms. The van der Waals surface area contributed by atoms with Gasteiger partial charge in [-0.3, -0.25) is 10.1 Å². The molecule has 3 rings (SSSR count). The summed E-state index contributed by atoms with van der Waals surface area (Å²) >= 11 is 0. The summed E-state index contributed by atoms with van der Waals surface area (Å²) in [6.07, 6.45) is 0. The van der Waals surface area contributed by atoms with Gasteiger partial charge in [-0.15, -0.1) is 0 Å². The highest BCUT2D eigenvalue weighted by Gasteiger charge is 2.14. The first-order valence-electron chi connectivity index (χ1n) is 7.90. The number of nitrogens with one attached hydrogen (secondary N) is 1. The normalized spacial score (nSPS) is 11.9. The number of hydrogen-bond donors (Lipinski definition) is 1. The topological polar surface area (TPSA) is 55.2 Å². The molecule has 5 heteroatoms. The smallest absolute Gasteiger partial charge is 0.269 e. The molecule has 0 spiro atoms. The molecule has 0 aromatic heterocycles. The van der Waals surface area contributed by atoms with Crippen LogP contribution in [0.3, 0.4) is 0 Å². The van der Waals surface area contributed by atoms with Crippen LogP contribution in [0.15, 0.2) is 78.9 Å². The van der Waals surface area contributed by atoms with E-state index in [0.717, 1.165) is 16.7 Å². The van der Waals surface area contributed by atoms with Crippen LogP contribution in [-0.4, -0.2) is 4.92 Å². The zero-order valence-corrected chi connectivity index (χ0v) is 13.4. The first-order chi connectivity index (χ1) is 12.1. The van der Waals surface area contributed by atoms with Crippen molar-refractivity contribution in [2.45, 2.75) is 12.6 Å². The summed E-state index contributed by atoms with van der Waals surface area (Å²) in [5.41, 5.74) is 3.03. The molecular weight excluding hydrogens is 319 g/mol. The Balaban J connectivity index is 1.80. The van der Waals surface area contributed by atoms with E-state index in [9.17, 15) is 14.5 Å². The Morgan fingerprint density at radius 1 is 0.880 bits per heavy atom. The highest BCUT2D eigenvalue weighted by Crippen LogP contribution is 2.23. The van der Waals surface area contributed by atoms with Gasteiger partial charge in [-0.25, -0.2) is 4.39 Å². The average Bonchev–Trinajstić information content (AvgIpc) is 2.64. The zero-order chi connectivity index (χ0) is 17.6. The Morgan fingerprint density at radius 2 is 1.48 bits per heavy atom. The van der Waals surface area contributed by atoms with Crippen LogP contribution in [-0.2, 0) is 6.54 Å². The summed E-state index contributed by atoms with van der Waals surface area (Å²) < 4.78 is 13.2. The van der Waals surface area contributed by atoms with Gasteiger partial charge in [-0.05, 0) is 28.8 Å². The molecule has 0 aliphatic carbocycles. The number of nitro groups is 1. The lowest BCUT2D eigenvalue weighted by Gasteiger charge is -2.20. The van der Waals surface area contributed by atoms with Gasteiger partial charge in [0.05, 0.1) is 11.0 Å². The third-order valence-electron chi connectivity index (χ3n) is 3.99. The molecule has 0 unspecified atom stereocenters. The van der Waals surface area contributed by atoms with Gasteiger partial charge in [-0.2, -0.15) is 0 Å². The van der Waals surface area contributed by atoms with E-state index in [1.807, 2.05) is 30.3 Å². The van der Waals surface area contributed by atoms with Gasteiger partial charge in [0, 0.05) is 18.7 Å². The van der Waals surface area contributed by atoms with E-state index < -0.39 is 4.92 Å². The number of non-ortho nitro benzene ring substituents is 1. The van der Waals surface area contributed by atoms with Crippen LogP contribution in [0.1, 0.15) is 22.7 Å². The summed E-state index contributed by atoms with van der Waals surface area (Å²) in [4.78, 5) is 10.3. The SMILES string of the molecule is O=[N+]([O-])c1ccc(CN[C@@H](c2ccccc2)c2ccc(F)cc2)cc1. The molecule has 1 atom stereocenters. The molecule has 1 N–H and O–H groups in total. The Morgan fingerprint density at radius 3 is 2.08 bits per heavy atom. The quantitative estimate of drug-likeness (QED) is 0.528. The van der Waals surface area contributed by atoms with E-state index in [1.165, 1.54) is 24.3 Å². The van der Waals surface area contributed by atoms with Crippen molar-refractivity contribution in [2.24, 2.45) is 0 Å². The second-order valence-corrected chi connectivity index (χ2v) is 5.70. The lowest BCUT2D eigenvalue weighted by molar-refractivity contribution is -0.384. The Bertz CT molecular complexity index is 834. The summed E-state index contributed by atoms with van der Waals surface area (Å²) in [7, 11) is 0. The van der Waals surface area contributed by atoms with Crippen LogP contribution < -0.4 is 5.32 Å². The predicted molar refractivity (Wildman–Crippen MR) is 94.6 cm³/mol. The van der Waals surface area contributed by atoms with E-state index in [0.29, 0.717) is 6.54 Å². The van der Waals surface area contributed by atoms with E-state index in [-0.39, 0.29) is 17.5 Å². The molecule has 126 valence electrons. The number of hydrogen-bond acceptors (Lipinski definition) is 3. The number of nitrogens with zero attached hydrogens (tertiary/aromatic N) is 1. The minimum Gasteiger partial charge on any atom is -0.302 e. The van der Waals surface area contributed by atoms with Crippen LogP contribution in [0, 0.1) is 15.9 Å². The second kappa shape index (κ2) is 7.68. The van der Waals surface area contributed by atoms with Crippen molar-refractivity contribution in [3.8, 4) is 0 Å². The van der Waals surface area contributed by atoms with Crippen molar-refractivity contribution in [1.82, 2.24) is 5.32 Å². The molecule has 0 aliphatic rings. The zero-order valence-electron chi connectivity index (χ0n) is 13.4. The maximum atomic E-state index is 13.2. The number of halogens is 1. The summed E-state index contributed by atoms with van der Waals surface area (Å²) in [6, 6.07) is 22.6. The molecule has 0 saturated carbocycles. The van der Waals surface area contributed by atoms with E-state index in [4.69, 9.17) is 0 Å². The van der Waals surface area contributed by atoms with Gasteiger partial charge in [0.2, 0.25) is 0 Å². The van der Waals surface area contributed by atoms with E-state index >= 15 is 0 Å². The predicted octanol–water partition coefficient (Wildman–Crippen LogP) is 4.61. The lowest BCUT2D eigenvalue weighted by atomic mass is 9.98. The second-order valence-electron chi connectivity index (χ2n) is 5.70. The van der Waals surface area contributed by atoms with Crippen molar-refractivity contribution in [3.63, 3.8) is 0 Å². The molecule has 0 bridgehead atoms. The van der Waals surface area contributed by atoms with Crippen molar-refractivity contribution in [3.05, 3.63) is 111 Å². The Labute approximate surface area is 145 Å². The molecule has 3 aromatic rings. The van der Waals surface area contributed by atoms with Crippen molar-refractivity contribution >= 4 is 5.69 Å². The van der Waals surface area contributed by atoms with Crippen LogP contribution in [0.5, 0.6) is 0 Å². The third kappa shape index (κ3) is 4.28. The van der Waals surface area contributed by atoms with Crippen molar-refractivity contribution in [2.75, 3.05) is 0 Å². The summed E-state index contributed by atoms with van der Waals surface area (Å²) in [6.45, 7) is 0.537. The summed E-state index contributed by atoms with van der Waals surface area (Å²) in [5, 5.41) is 14.2. The highest BCUT2D eigenvalue weighted by atomic mass is 19.1. The van der Waals surface area contributed by atoms with Gasteiger partial charge >= 0.3 is 0 Å². The van der Waals surface area contributed by atoms with Gasteiger partial charge in [0.25, 0.3) is 5.69 Å². The molecule has 0 amide bonds. The van der Waals surface area contributed by atoms with Crippen molar-refractivity contribution < 1.29 is 9.31 Å². The Hall–Kier alpha value is -3.05. The van der Waals surface area contributed by atoms with Crippen LogP contribution >= 0.6 is 0 Å². The van der Waals surface area contributed by atoms with Gasteiger partial charge in [-0.1, -0.05) is 54.6 Å². The number of benzene rings is 3. The fraction of sp³-hybridized carbons (Fsp3) is 0.100. The van der Waals surface area contributed by atoms with Crippen LogP contribution in [0.4, 0.5) is 10.1 Å². The fourth-order valence-corrected chi connectivity index (χ4v) is 2.68. The van der Waals surface area contributed by atoms with E-state index in [2.05, 4.69) is 5.32 Å². The van der Waals surface area contributed by atoms with Crippen LogP contribution in [0.25, 0.3) is 0 Å². The van der Waals surface area contributed by atoms with Crippen LogP contribution in [0.2, 0.25) is 0 Å². The molecule has 0 saturated heterocycles. The monoisotopic (exact) mass is 336 g/mol. The minimum atomic E-state index is -0.414. The lowest BCUT2D eigenvalue weighted by Crippen LogP contribution is -2.22.